The van der Waals surface area contributed by atoms with Crippen LogP contribution >= 0.6 is 0 Å². The summed E-state index contributed by atoms with van der Waals surface area (Å²) in [6, 6.07) is 57.2. The van der Waals surface area contributed by atoms with E-state index in [4.69, 9.17) is 71.5 Å². The van der Waals surface area contributed by atoms with E-state index in [1.165, 1.54) is 11.1 Å². The van der Waals surface area contributed by atoms with Crippen molar-refractivity contribution in [1.82, 2.24) is 9.97 Å². The van der Waals surface area contributed by atoms with Gasteiger partial charge in [-0.25, -0.2) is 9.97 Å². The lowest BCUT2D eigenvalue weighted by molar-refractivity contribution is -0.0279. The summed E-state index contributed by atoms with van der Waals surface area (Å²) in [6.07, 6.45) is 0. The number of pyridine rings is 2. The zero-order valence-corrected chi connectivity index (χ0v) is 57.1. The summed E-state index contributed by atoms with van der Waals surface area (Å²) < 4.78 is 73.6. The maximum atomic E-state index is 5.92. The van der Waals surface area contributed by atoms with E-state index in [-0.39, 0.29) is 10.8 Å². The number of hydrogen-bond acceptors (Lipinski definition) is 19. The fourth-order valence-corrected chi connectivity index (χ4v) is 9.86. The molecule has 0 amide bonds. The number of hydrogen-bond donors (Lipinski definition) is 0. The Kier molecular flexibility index (Phi) is 30.2. The average molecular weight is 1320 g/mol. The minimum Gasteiger partial charge on any atom is -0.491 e. The van der Waals surface area contributed by atoms with Gasteiger partial charge in [0.05, 0.1) is 191 Å². The lowest BCUT2D eigenvalue weighted by Gasteiger charge is -2.19. The van der Waals surface area contributed by atoms with Gasteiger partial charge >= 0.3 is 0 Å². The topological polar surface area (TPSA) is 195 Å². The third-order valence-electron chi connectivity index (χ3n) is 15.4. The molecule has 0 saturated carbocycles. The number of nitrogens with zero attached hydrogens (tertiary/aromatic N) is 6. The molecule has 0 saturated heterocycles. The Morgan fingerprint density at radius 3 is 0.660 bits per heavy atom. The maximum absolute atomic E-state index is 5.92. The van der Waals surface area contributed by atoms with E-state index in [0.29, 0.717) is 193 Å². The van der Waals surface area contributed by atoms with Crippen molar-refractivity contribution in [1.29, 1.82) is 0 Å². The molecule has 5 aliphatic rings. The largest absolute Gasteiger partial charge is 0.491 e. The molecule has 5 aliphatic heterocycles. The van der Waals surface area contributed by atoms with Crippen LogP contribution < -0.4 is 9.47 Å². The second-order valence-electron chi connectivity index (χ2n) is 24.8. The minimum absolute atomic E-state index is 0.00307. The van der Waals surface area contributed by atoms with Crippen molar-refractivity contribution >= 4 is 22.7 Å². The van der Waals surface area contributed by atoms with Gasteiger partial charge in [0.25, 0.3) is 0 Å². The van der Waals surface area contributed by atoms with Gasteiger partial charge in [-0.3, -0.25) is 0 Å². The summed E-state index contributed by atoms with van der Waals surface area (Å²) in [7, 11) is 0. The first-order chi connectivity index (χ1) is 47.4. The van der Waals surface area contributed by atoms with Crippen molar-refractivity contribution < 1.29 is 61.6 Å². The van der Waals surface area contributed by atoms with Gasteiger partial charge in [0.1, 0.15) is 24.7 Å². The first-order valence-electron chi connectivity index (χ1n) is 33.5. The molecule has 0 spiro atoms. The number of benzene rings is 6. The second kappa shape index (κ2) is 40.0. The van der Waals surface area contributed by atoms with Crippen LogP contribution in [0.5, 0.6) is 11.5 Å². The highest BCUT2D eigenvalue weighted by molar-refractivity contribution is 5.80. The summed E-state index contributed by atoms with van der Waals surface area (Å²) in [5.74, 6) is 1.42. The summed E-state index contributed by atoms with van der Waals surface area (Å²) in [6.45, 7) is 24.4. The summed E-state index contributed by atoms with van der Waals surface area (Å²) in [5, 5.41) is 18.2. The molecule has 19 nitrogen and oxygen atoms in total. The third-order valence-corrected chi connectivity index (χ3v) is 15.4. The van der Waals surface area contributed by atoms with Crippen LogP contribution in [0.2, 0.25) is 0 Å². The number of rotatable bonds is 2. The standard InChI is InChI=1S/C78H94N6O13/c1-77(2,3)65-15-7-59(8-16-65)63-55-73-61-11-19-67(20-12-61)81-83-69-23-27-71(28-24-69)96-53-51-94-49-47-92-45-43-90-41-39-88-37-35-86-33-31-85-32-34-87-36-38-89-40-42-91-44-46-93-48-50-95-52-54-97-72-29-25-70(26-30-72)84-82-68-21-13-62(14-22-68)74-56-64(58-76(80-74)75(57-63)79-73)60-9-17-66(18-10-60)78(4,5)6/h7-30,55-58H,31-54H2,1-6H3. The van der Waals surface area contributed by atoms with Crippen LogP contribution in [0.15, 0.2) is 190 Å². The van der Waals surface area contributed by atoms with Gasteiger partial charge in [0, 0.05) is 11.1 Å². The molecular weight excluding hydrogens is 1230 g/mol. The first-order valence-corrected chi connectivity index (χ1v) is 33.5. The summed E-state index contributed by atoms with van der Waals surface area (Å²) in [4.78, 5) is 10.8. The van der Waals surface area contributed by atoms with E-state index in [0.717, 1.165) is 56.2 Å². The highest BCUT2D eigenvalue weighted by atomic mass is 16.6. The SMILES string of the molecule is CC(C)(C)c1ccc(-c2cc3nc(c2)-c2cc(-c4ccc(C(C)(C)C)cc4)cc(n2)-c2ccc(cc2)N=Nc2ccc(cc2)OCCOCCOCCOCCOCCOCCOCCOCCOCCOCCOCCOCCOc2ccc(cc2)N=Nc2ccc-3cc2)cc1. The Morgan fingerprint density at radius 1 is 0.216 bits per heavy atom. The molecule has 514 valence electrons. The lowest BCUT2D eigenvalue weighted by Crippen LogP contribution is -2.15. The summed E-state index contributed by atoms with van der Waals surface area (Å²) in [5.41, 5.74) is 14.3. The molecule has 2 aromatic heterocycles. The molecule has 0 unspecified atom stereocenters. The Labute approximate surface area is 571 Å². The van der Waals surface area contributed by atoms with E-state index in [2.05, 4.69) is 135 Å². The van der Waals surface area contributed by atoms with E-state index >= 15 is 0 Å². The van der Waals surface area contributed by atoms with Gasteiger partial charge in [0.15, 0.2) is 0 Å². The van der Waals surface area contributed by atoms with Crippen LogP contribution in [0, 0.1) is 0 Å². The van der Waals surface area contributed by atoms with Crippen LogP contribution in [-0.2, 0) is 62.9 Å². The zero-order chi connectivity index (χ0) is 67.6. The van der Waals surface area contributed by atoms with Crippen molar-refractivity contribution in [2.45, 2.75) is 52.4 Å². The van der Waals surface area contributed by atoms with Crippen molar-refractivity contribution in [3.05, 3.63) is 181 Å². The van der Waals surface area contributed by atoms with Gasteiger partial charge in [-0.15, -0.1) is 0 Å². The van der Waals surface area contributed by atoms with Crippen LogP contribution in [0.25, 0.3) is 56.2 Å². The van der Waals surface area contributed by atoms with Crippen molar-refractivity contribution in [2.24, 2.45) is 20.5 Å². The molecule has 19 heteroatoms. The zero-order valence-electron chi connectivity index (χ0n) is 57.1. The van der Waals surface area contributed by atoms with Crippen molar-refractivity contribution in [3.63, 3.8) is 0 Å². The van der Waals surface area contributed by atoms with E-state index in [1.54, 1.807) is 0 Å². The van der Waals surface area contributed by atoms with Crippen LogP contribution in [0.3, 0.4) is 0 Å². The van der Waals surface area contributed by atoms with Gasteiger partial charge in [-0.2, -0.15) is 20.5 Å². The van der Waals surface area contributed by atoms with Crippen molar-refractivity contribution in [2.75, 3.05) is 159 Å². The molecule has 0 fully saturated rings. The Balaban J connectivity index is 0.864. The second-order valence-corrected chi connectivity index (χ2v) is 24.8. The number of azo groups is 2. The molecule has 0 aliphatic carbocycles. The predicted octanol–water partition coefficient (Wildman–Crippen LogP) is 16.2. The van der Waals surface area contributed by atoms with E-state index in [9.17, 15) is 0 Å². The highest BCUT2D eigenvalue weighted by Gasteiger charge is 2.18. The Bertz CT molecular complexity index is 3360. The van der Waals surface area contributed by atoms with Crippen LogP contribution in [0.1, 0.15) is 52.7 Å². The fourth-order valence-electron chi connectivity index (χ4n) is 9.86. The molecule has 12 bridgehead atoms. The Hall–Kier alpha value is -8.02. The van der Waals surface area contributed by atoms with E-state index < -0.39 is 0 Å². The van der Waals surface area contributed by atoms with Crippen molar-refractivity contribution in [3.8, 4) is 67.7 Å². The molecule has 0 N–H and O–H groups in total. The molecule has 6 aromatic carbocycles. The van der Waals surface area contributed by atoms with Gasteiger partial charge in [-0.1, -0.05) is 114 Å². The number of ether oxygens (including phenoxy) is 13. The monoisotopic (exact) mass is 1320 g/mol. The first kappa shape index (κ1) is 73.2. The molecule has 8 aromatic rings. The highest BCUT2D eigenvalue weighted by Crippen LogP contribution is 2.37. The molecular formula is C78H94N6O13. The quantitative estimate of drug-likeness (QED) is 0.158. The van der Waals surface area contributed by atoms with Crippen LogP contribution in [-0.4, -0.2) is 169 Å². The molecule has 0 atom stereocenters. The minimum atomic E-state index is -0.00307. The Morgan fingerprint density at radius 2 is 0.423 bits per heavy atom. The number of fused-ring (bicyclic) bond motifs is 4. The fraction of sp³-hybridized carbons (Fsp3) is 0.410. The van der Waals surface area contributed by atoms with E-state index in [1.807, 2.05) is 97.1 Å². The molecule has 13 rings (SSSR count). The third kappa shape index (κ3) is 26.1. The molecule has 7 heterocycles. The average Bonchev–Trinajstić information content (AvgIpc) is 0.797. The smallest absolute Gasteiger partial charge is 0.119 e. The van der Waals surface area contributed by atoms with Crippen LogP contribution in [0.4, 0.5) is 22.7 Å². The molecule has 0 radical (unpaired) electrons. The van der Waals surface area contributed by atoms with Gasteiger partial charge < -0.3 is 61.6 Å². The summed E-state index contributed by atoms with van der Waals surface area (Å²) >= 11 is 0. The molecule has 97 heavy (non-hydrogen) atoms. The maximum Gasteiger partial charge on any atom is 0.119 e. The van der Waals surface area contributed by atoms with Gasteiger partial charge in [0.2, 0.25) is 0 Å². The van der Waals surface area contributed by atoms with Gasteiger partial charge in [-0.05, 0) is 141 Å². The number of aromatic nitrogens is 2. The predicted molar refractivity (Wildman–Crippen MR) is 378 cm³/mol. The lowest BCUT2D eigenvalue weighted by atomic mass is 9.86. The normalized spacial score (nSPS) is 16.6.